The predicted octanol–water partition coefficient (Wildman–Crippen LogP) is 1.44. The number of ether oxygens (including phenoxy) is 2. The summed E-state index contributed by atoms with van der Waals surface area (Å²) in [5.41, 5.74) is 1.31. The van der Waals surface area contributed by atoms with Gasteiger partial charge in [-0.15, -0.1) is 0 Å². The number of benzene rings is 1. The van der Waals surface area contributed by atoms with E-state index in [-0.39, 0.29) is 11.8 Å². The van der Waals surface area contributed by atoms with Crippen LogP contribution in [-0.4, -0.2) is 50.2 Å². The number of carbonyl (C=O) groups excluding carboxylic acids is 3. The summed E-state index contributed by atoms with van der Waals surface area (Å²) in [7, 11) is 1.53. The van der Waals surface area contributed by atoms with Gasteiger partial charge < -0.3 is 20.1 Å². The van der Waals surface area contributed by atoms with Crippen LogP contribution in [0.1, 0.15) is 36.7 Å². The maximum Gasteiger partial charge on any atom is 0.329 e. The largest absolute Gasteiger partial charge is 0.451 e. The summed E-state index contributed by atoms with van der Waals surface area (Å²) in [4.78, 5) is 36.8. The summed E-state index contributed by atoms with van der Waals surface area (Å²) in [6.45, 7) is 7.60. The first-order valence-electron chi connectivity index (χ1n) is 8.61. The minimum absolute atomic E-state index is 0.195. The molecular formula is C19H28N2O5. The second-order valence-electron chi connectivity index (χ2n) is 6.37. The molecule has 0 aromatic heterocycles. The van der Waals surface area contributed by atoms with E-state index in [1.165, 1.54) is 14.0 Å². The average molecular weight is 364 g/mol. The molecule has 0 fully saturated rings. The number of nitrogens with one attached hydrogen (secondary N) is 2. The lowest BCUT2D eigenvalue weighted by Gasteiger charge is -2.23. The van der Waals surface area contributed by atoms with Gasteiger partial charge in [0.25, 0.3) is 11.8 Å². The van der Waals surface area contributed by atoms with E-state index in [9.17, 15) is 14.4 Å². The molecule has 0 radical (unpaired) electrons. The number of hydrogen-bond donors (Lipinski definition) is 2. The maximum absolute atomic E-state index is 12.5. The molecule has 1 aromatic carbocycles. The standard InChI is InChI=1S/C19H28N2O5/c1-12(2)16(21-18(23)15-9-7-6-8-13(15)3)19(24)26-14(4)17(22)20-10-11-25-5/h6-9,12,14,16H,10-11H2,1-5H3,(H,20,22)(H,21,23)/t14-,16+/m1/s1. The molecule has 2 N–H and O–H groups in total. The molecular weight excluding hydrogens is 336 g/mol. The first-order chi connectivity index (χ1) is 12.3. The van der Waals surface area contributed by atoms with E-state index >= 15 is 0 Å². The minimum atomic E-state index is -0.962. The lowest BCUT2D eigenvalue weighted by Crippen LogP contribution is -2.48. The second kappa shape index (κ2) is 10.6. The Bertz CT molecular complexity index is 630. The Balaban J connectivity index is 2.71. The molecule has 2 atom stereocenters. The fraction of sp³-hybridized carbons (Fsp3) is 0.526. The van der Waals surface area contributed by atoms with E-state index in [0.29, 0.717) is 18.7 Å². The third-order valence-electron chi connectivity index (χ3n) is 3.86. The number of aryl methyl sites for hydroxylation is 1. The molecule has 1 aromatic rings. The van der Waals surface area contributed by atoms with E-state index in [1.54, 1.807) is 26.0 Å². The molecule has 7 heteroatoms. The number of methoxy groups -OCH3 is 1. The molecule has 0 aliphatic rings. The summed E-state index contributed by atoms with van der Waals surface area (Å²) in [5.74, 6) is -1.60. The summed E-state index contributed by atoms with van der Waals surface area (Å²) >= 11 is 0. The van der Waals surface area contributed by atoms with Crippen LogP contribution in [0, 0.1) is 12.8 Å². The molecule has 26 heavy (non-hydrogen) atoms. The Labute approximate surface area is 154 Å². The van der Waals surface area contributed by atoms with Crippen molar-refractivity contribution in [3.05, 3.63) is 35.4 Å². The van der Waals surface area contributed by atoms with Crippen molar-refractivity contribution in [1.29, 1.82) is 0 Å². The number of amides is 2. The van der Waals surface area contributed by atoms with Gasteiger partial charge in [0.05, 0.1) is 6.61 Å². The first-order valence-corrected chi connectivity index (χ1v) is 8.61. The van der Waals surface area contributed by atoms with E-state index in [2.05, 4.69) is 10.6 Å². The van der Waals surface area contributed by atoms with Crippen LogP contribution in [0.15, 0.2) is 24.3 Å². The smallest absolute Gasteiger partial charge is 0.329 e. The third kappa shape index (κ3) is 6.48. The molecule has 0 heterocycles. The van der Waals surface area contributed by atoms with E-state index in [1.807, 2.05) is 19.1 Å². The minimum Gasteiger partial charge on any atom is -0.451 e. The average Bonchev–Trinajstić information content (AvgIpc) is 2.59. The van der Waals surface area contributed by atoms with Crippen molar-refractivity contribution >= 4 is 17.8 Å². The van der Waals surface area contributed by atoms with Gasteiger partial charge in [-0.1, -0.05) is 32.0 Å². The number of esters is 1. The monoisotopic (exact) mass is 364 g/mol. The molecule has 2 amide bonds. The zero-order valence-electron chi connectivity index (χ0n) is 16.0. The van der Waals surface area contributed by atoms with Gasteiger partial charge in [0.15, 0.2) is 6.10 Å². The topological polar surface area (TPSA) is 93.7 Å². The summed E-state index contributed by atoms with van der Waals surface area (Å²) in [6.07, 6.45) is -0.962. The van der Waals surface area contributed by atoms with Gasteiger partial charge in [0.1, 0.15) is 6.04 Å². The molecule has 144 valence electrons. The Kier molecular flexibility index (Phi) is 8.78. The van der Waals surface area contributed by atoms with Crippen molar-refractivity contribution in [3.8, 4) is 0 Å². The lowest BCUT2D eigenvalue weighted by molar-refractivity contribution is -0.157. The van der Waals surface area contributed by atoms with Gasteiger partial charge in [-0.3, -0.25) is 9.59 Å². The molecule has 0 bridgehead atoms. The molecule has 0 aliphatic heterocycles. The highest BCUT2D eigenvalue weighted by Crippen LogP contribution is 2.11. The van der Waals surface area contributed by atoms with Gasteiger partial charge in [0, 0.05) is 19.2 Å². The Morgan fingerprint density at radius 1 is 1.12 bits per heavy atom. The molecule has 0 saturated heterocycles. The van der Waals surface area contributed by atoms with Crippen molar-refractivity contribution in [1.82, 2.24) is 10.6 Å². The fourth-order valence-corrected chi connectivity index (χ4v) is 2.27. The van der Waals surface area contributed by atoms with E-state index < -0.39 is 24.0 Å². The first kappa shape index (κ1) is 21.6. The summed E-state index contributed by atoms with van der Waals surface area (Å²) < 4.78 is 10.1. The Hall–Kier alpha value is -2.41. The van der Waals surface area contributed by atoms with Crippen molar-refractivity contribution < 1.29 is 23.9 Å². The maximum atomic E-state index is 12.5. The molecule has 0 spiro atoms. The van der Waals surface area contributed by atoms with Gasteiger partial charge >= 0.3 is 5.97 Å². The zero-order valence-corrected chi connectivity index (χ0v) is 16.0. The van der Waals surface area contributed by atoms with Crippen LogP contribution in [0.5, 0.6) is 0 Å². The molecule has 0 aliphatic carbocycles. The normalized spacial score (nSPS) is 13.0. The molecule has 0 saturated carbocycles. The zero-order chi connectivity index (χ0) is 19.7. The third-order valence-corrected chi connectivity index (χ3v) is 3.86. The van der Waals surface area contributed by atoms with Gasteiger partial charge in [0.2, 0.25) is 0 Å². The van der Waals surface area contributed by atoms with Gasteiger partial charge in [-0.2, -0.15) is 0 Å². The van der Waals surface area contributed by atoms with Crippen LogP contribution < -0.4 is 10.6 Å². The van der Waals surface area contributed by atoms with Crippen LogP contribution in [0.4, 0.5) is 0 Å². The van der Waals surface area contributed by atoms with Crippen LogP contribution in [0.2, 0.25) is 0 Å². The number of rotatable bonds is 9. The highest BCUT2D eigenvalue weighted by Gasteiger charge is 2.29. The SMILES string of the molecule is COCCNC(=O)[C@@H](C)OC(=O)[C@@H](NC(=O)c1ccccc1C)C(C)C. The summed E-state index contributed by atoms with van der Waals surface area (Å²) in [5, 5.41) is 5.31. The number of hydrogen-bond acceptors (Lipinski definition) is 5. The fourth-order valence-electron chi connectivity index (χ4n) is 2.27. The number of carbonyl (C=O) groups is 3. The van der Waals surface area contributed by atoms with Crippen molar-refractivity contribution in [2.24, 2.45) is 5.92 Å². The van der Waals surface area contributed by atoms with E-state index in [4.69, 9.17) is 9.47 Å². The highest BCUT2D eigenvalue weighted by molar-refractivity contribution is 5.98. The van der Waals surface area contributed by atoms with Crippen LogP contribution in [-0.2, 0) is 19.1 Å². The molecule has 1 rings (SSSR count). The van der Waals surface area contributed by atoms with Gasteiger partial charge in [-0.25, -0.2) is 4.79 Å². The summed E-state index contributed by atoms with van der Waals surface area (Å²) in [6, 6.07) is 6.26. The Morgan fingerprint density at radius 3 is 2.35 bits per heavy atom. The molecule has 7 nitrogen and oxygen atoms in total. The quantitative estimate of drug-likeness (QED) is 0.511. The van der Waals surface area contributed by atoms with Gasteiger partial charge in [-0.05, 0) is 31.4 Å². The lowest BCUT2D eigenvalue weighted by atomic mass is 10.0. The van der Waals surface area contributed by atoms with E-state index in [0.717, 1.165) is 5.56 Å². The second-order valence-corrected chi connectivity index (χ2v) is 6.37. The van der Waals surface area contributed by atoms with Crippen LogP contribution in [0.25, 0.3) is 0 Å². The van der Waals surface area contributed by atoms with Crippen LogP contribution >= 0.6 is 0 Å². The predicted molar refractivity (Wildman–Crippen MR) is 97.7 cm³/mol. The molecule has 0 unspecified atom stereocenters. The highest BCUT2D eigenvalue weighted by atomic mass is 16.5. The van der Waals surface area contributed by atoms with Crippen molar-refractivity contribution in [3.63, 3.8) is 0 Å². The van der Waals surface area contributed by atoms with Crippen LogP contribution in [0.3, 0.4) is 0 Å². The Morgan fingerprint density at radius 2 is 1.77 bits per heavy atom. The van der Waals surface area contributed by atoms with Crippen molar-refractivity contribution in [2.45, 2.75) is 39.8 Å². The van der Waals surface area contributed by atoms with Crippen molar-refractivity contribution in [2.75, 3.05) is 20.3 Å².